The van der Waals surface area contributed by atoms with Gasteiger partial charge >= 0.3 is 0 Å². The van der Waals surface area contributed by atoms with Crippen molar-refractivity contribution in [1.29, 1.82) is 0 Å². The topological polar surface area (TPSA) is 57.6 Å². The summed E-state index contributed by atoms with van der Waals surface area (Å²) >= 11 is 0. The lowest BCUT2D eigenvalue weighted by atomic mass is 9.99. The van der Waals surface area contributed by atoms with Gasteiger partial charge in [-0.2, -0.15) is 4.31 Å². The van der Waals surface area contributed by atoms with Gasteiger partial charge in [-0.05, 0) is 48.8 Å². The minimum absolute atomic E-state index is 0.0545. The average Bonchev–Trinajstić information content (AvgIpc) is 2.54. The summed E-state index contributed by atoms with van der Waals surface area (Å²) in [5.74, 6) is 0.503. The zero-order valence-corrected chi connectivity index (χ0v) is 13.6. The minimum Gasteiger partial charge on any atom is -0.396 e. The van der Waals surface area contributed by atoms with Crippen LogP contribution in [0.2, 0.25) is 0 Å². The Kier molecular flexibility index (Phi) is 5.41. The molecule has 21 heavy (non-hydrogen) atoms. The highest BCUT2D eigenvalue weighted by Crippen LogP contribution is 2.25. The summed E-state index contributed by atoms with van der Waals surface area (Å²) in [6, 6.07) is 7.24. The molecule has 0 spiro atoms. The summed E-state index contributed by atoms with van der Waals surface area (Å²) in [7, 11) is -3.43. The van der Waals surface area contributed by atoms with Crippen molar-refractivity contribution in [2.24, 2.45) is 5.92 Å². The van der Waals surface area contributed by atoms with E-state index in [1.54, 1.807) is 12.1 Å². The number of rotatable bonds is 5. The summed E-state index contributed by atoms with van der Waals surface area (Å²) in [6.45, 7) is 5.29. The third-order valence-electron chi connectivity index (χ3n) is 4.44. The molecule has 1 fully saturated rings. The fourth-order valence-electron chi connectivity index (χ4n) is 2.75. The number of hydrogen-bond donors (Lipinski definition) is 1. The summed E-state index contributed by atoms with van der Waals surface area (Å²) in [6.07, 6.45) is 2.75. The highest BCUT2D eigenvalue weighted by Gasteiger charge is 2.29. The highest BCUT2D eigenvalue weighted by atomic mass is 32.2. The Balaban J connectivity index is 2.19. The molecule has 1 N–H and O–H groups in total. The van der Waals surface area contributed by atoms with Crippen molar-refractivity contribution in [3.63, 3.8) is 0 Å². The average molecular weight is 311 g/mol. The molecule has 1 saturated heterocycles. The van der Waals surface area contributed by atoms with Crippen molar-refractivity contribution < 1.29 is 13.5 Å². The Morgan fingerprint density at radius 1 is 1.33 bits per heavy atom. The third-order valence-corrected chi connectivity index (χ3v) is 6.32. The molecule has 0 bridgehead atoms. The van der Waals surface area contributed by atoms with E-state index in [2.05, 4.69) is 13.8 Å². The van der Waals surface area contributed by atoms with Gasteiger partial charge in [-0.1, -0.05) is 26.0 Å². The second-order valence-electron chi connectivity index (χ2n) is 5.93. The van der Waals surface area contributed by atoms with Crippen LogP contribution in [0.3, 0.4) is 0 Å². The van der Waals surface area contributed by atoms with Crippen LogP contribution < -0.4 is 0 Å². The molecule has 1 heterocycles. The van der Waals surface area contributed by atoms with Gasteiger partial charge in [0, 0.05) is 19.7 Å². The Hall–Kier alpha value is -0.910. The van der Waals surface area contributed by atoms with Gasteiger partial charge in [0.25, 0.3) is 0 Å². The fourth-order valence-corrected chi connectivity index (χ4v) is 4.30. The predicted molar refractivity (Wildman–Crippen MR) is 83.7 cm³/mol. The van der Waals surface area contributed by atoms with Crippen LogP contribution in [0.25, 0.3) is 0 Å². The molecular weight excluding hydrogens is 286 g/mol. The Labute approximate surface area is 127 Å². The summed E-state index contributed by atoms with van der Waals surface area (Å²) in [4.78, 5) is 0.355. The highest BCUT2D eigenvalue weighted by molar-refractivity contribution is 7.89. The predicted octanol–water partition coefficient (Wildman–Crippen LogP) is 2.59. The number of nitrogens with zero attached hydrogens (tertiary/aromatic N) is 1. The lowest BCUT2D eigenvalue weighted by Gasteiger charge is -2.31. The minimum atomic E-state index is -3.43. The molecular formula is C16H25NO3S. The zero-order chi connectivity index (χ0) is 15.5. The van der Waals surface area contributed by atoms with E-state index >= 15 is 0 Å². The second kappa shape index (κ2) is 6.90. The van der Waals surface area contributed by atoms with Gasteiger partial charge < -0.3 is 5.11 Å². The molecule has 118 valence electrons. The fraction of sp³-hybridized carbons (Fsp3) is 0.625. The van der Waals surface area contributed by atoms with E-state index in [9.17, 15) is 13.5 Å². The first kappa shape index (κ1) is 16.5. The van der Waals surface area contributed by atoms with Crippen molar-refractivity contribution in [3.05, 3.63) is 29.8 Å². The van der Waals surface area contributed by atoms with Gasteiger partial charge in [0.1, 0.15) is 0 Å². The van der Waals surface area contributed by atoms with Crippen LogP contribution in [-0.4, -0.2) is 37.5 Å². The molecule has 2 atom stereocenters. The van der Waals surface area contributed by atoms with Gasteiger partial charge in [0.15, 0.2) is 0 Å². The van der Waals surface area contributed by atoms with Gasteiger partial charge in [-0.3, -0.25) is 0 Å². The quantitative estimate of drug-likeness (QED) is 0.909. The van der Waals surface area contributed by atoms with Crippen LogP contribution in [0.15, 0.2) is 29.2 Å². The molecule has 4 nitrogen and oxygen atoms in total. The van der Waals surface area contributed by atoms with Crippen molar-refractivity contribution in [2.75, 3.05) is 19.7 Å². The summed E-state index contributed by atoms with van der Waals surface area (Å²) in [5, 5.41) is 9.25. The number of piperidine rings is 1. The molecule has 1 aromatic carbocycles. The zero-order valence-electron chi connectivity index (χ0n) is 12.8. The van der Waals surface area contributed by atoms with E-state index in [0.717, 1.165) is 19.3 Å². The van der Waals surface area contributed by atoms with Crippen molar-refractivity contribution in [3.8, 4) is 0 Å². The van der Waals surface area contributed by atoms with E-state index in [0.29, 0.717) is 23.9 Å². The molecule has 1 aliphatic heterocycles. The van der Waals surface area contributed by atoms with Crippen LogP contribution in [0.4, 0.5) is 0 Å². The smallest absolute Gasteiger partial charge is 0.243 e. The monoisotopic (exact) mass is 311 g/mol. The van der Waals surface area contributed by atoms with Crippen LogP contribution >= 0.6 is 0 Å². The maximum absolute atomic E-state index is 12.6. The van der Waals surface area contributed by atoms with Gasteiger partial charge in [-0.25, -0.2) is 8.42 Å². The van der Waals surface area contributed by atoms with Crippen LogP contribution in [0.5, 0.6) is 0 Å². The van der Waals surface area contributed by atoms with E-state index in [-0.39, 0.29) is 12.5 Å². The molecule has 1 aliphatic rings. The second-order valence-corrected chi connectivity index (χ2v) is 7.87. The van der Waals surface area contributed by atoms with E-state index in [1.807, 2.05) is 12.1 Å². The molecule has 0 saturated carbocycles. The number of hydrogen-bond acceptors (Lipinski definition) is 3. The molecule has 1 aromatic rings. The molecule has 0 amide bonds. The first-order valence-electron chi connectivity index (χ1n) is 7.70. The van der Waals surface area contributed by atoms with Gasteiger partial charge in [-0.15, -0.1) is 0 Å². The number of aliphatic hydroxyl groups is 1. The Morgan fingerprint density at radius 3 is 2.57 bits per heavy atom. The van der Waals surface area contributed by atoms with Crippen molar-refractivity contribution >= 4 is 10.0 Å². The van der Waals surface area contributed by atoms with E-state index in [1.165, 1.54) is 9.87 Å². The Morgan fingerprint density at radius 2 is 2.00 bits per heavy atom. The standard InChI is InChI=1S/C16H25NO3S/c1-3-13(2)15-6-8-16(9-7-15)21(19,20)17-10-4-5-14(11-17)12-18/h6-9,13-14,18H,3-5,10-12H2,1-2H3. The van der Waals surface area contributed by atoms with Crippen molar-refractivity contribution in [2.45, 2.75) is 43.9 Å². The van der Waals surface area contributed by atoms with Crippen LogP contribution in [-0.2, 0) is 10.0 Å². The SMILES string of the molecule is CCC(C)c1ccc(S(=O)(=O)N2CCCC(CO)C2)cc1. The maximum atomic E-state index is 12.6. The molecule has 0 aliphatic carbocycles. The molecule has 2 rings (SSSR count). The van der Waals surface area contributed by atoms with Crippen LogP contribution in [0, 0.1) is 5.92 Å². The number of sulfonamides is 1. The molecule has 0 aromatic heterocycles. The molecule has 5 heteroatoms. The maximum Gasteiger partial charge on any atom is 0.243 e. The molecule has 2 unspecified atom stereocenters. The van der Waals surface area contributed by atoms with E-state index < -0.39 is 10.0 Å². The summed E-state index contributed by atoms with van der Waals surface area (Å²) < 4.78 is 26.8. The van der Waals surface area contributed by atoms with Crippen molar-refractivity contribution in [1.82, 2.24) is 4.31 Å². The number of aliphatic hydroxyl groups excluding tert-OH is 1. The Bertz CT molecular complexity index is 553. The first-order valence-corrected chi connectivity index (χ1v) is 9.14. The summed E-state index contributed by atoms with van der Waals surface area (Å²) in [5.41, 5.74) is 1.17. The lowest BCUT2D eigenvalue weighted by molar-refractivity contribution is 0.165. The normalized spacial score (nSPS) is 22.1. The van der Waals surface area contributed by atoms with Crippen LogP contribution in [0.1, 0.15) is 44.6 Å². The van der Waals surface area contributed by atoms with Gasteiger partial charge in [0.2, 0.25) is 10.0 Å². The number of benzene rings is 1. The van der Waals surface area contributed by atoms with E-state index in [4.69, 9.17) is 0 Å². The first-order chi connectivity index (χ1) is 9.98. The largest absolute Gasteiger partial charge is 0.396 e. The lowest BCUT2D eigenvalue weighted by Crippen LogP contribution is -2.40. The third kappa shape index (κ3) is 3.65. The van der Waals surface area contributed by atoms with Gasteiger partial charge in [0.05, 0.1) is 4.90 Å². The molecule has 0 radical (unpaired) electrons.